The van der Waals surface area contributed by atoms with Crippen LogP contribution < -0.4 is 4.90 Å². The van der Waals surface area contributed by atoms with Gasteiger partial charge in [-0.3, -0.25) is 14.5 Å². The molecule has 0 bridgehead atoms. The molecule has 3 aromatic rings. The summed E-state index contributed by atoms with van der Waals surface area (Å²) in [6.07, 6.45) is 0.618. The number of halogens is 1. The maximum absolute atomic E-state index is 13.6. The lowest BCUT2D eigenvalue weighted by atomic mass is 9.89. The van der Waals surface area contributed by atoms with Crippen molar-refractivity contribution in [2.24, 2.45) is 5.92 Å². The third kappa shape index (κ3) is 3.91. The Balaban J connectivity index is 1.93. The fourth-order valence-corrected chi connectivity index (χ4v) is 4.21. The second-order valence-corrected chi connectivity index (χ2v) is 7.77. The lowest BCUT2D eigenvalue weighted by molar-refractivity contribution is -0.153. The first-order chi connectivity index (χ1) is 15.1. The molecule has 2 heterocycles. The van der Waals surface area contributed by atoms with Crippen molar-refractivity contribution in [2.75, 3.05) is 31.8 Å². The monoisotopic (exact) mass is 441 g/mol. The van der Waals surface area contributed by atoms with Gasteiger partial charge in [0.2, 0.25) is 11.9 Å². The Bertz CT molecular complexity index is 1100. The highest BCUT2D eigenvalue weighted by molar-refractivity contribution is 6.30. The van der Waals surface area contributed by atoms with E-state index in [0.29, 0.717) is 30.5 Å². The van der Waals surface area contributed by atoms with Gasteiger partial charge in [0.25, 0.3) is 0 Å². The maximum atomic E-state index is 13.6. The summed E-state index contributed by atoms with van der Waals surface area (Å²) in [6.45, 7) is 2.81. The van der Waals surface area contributed by atoms with Crippen molar-refractivity contribution in [3.63, 3.8) is 0 Å². The van der Waals surface area contributed by atoms with Gasteiger partial charge in [-0.05, 0) is 43.2 Å². The van der Waals surface area contributed by atoms with E-state index < -0.39 is 17.9 Å². The third-order valence-corrected chi connectivity index (χ3v) is 5.68. The van der Waals surface area contributed by atoms with Crippen LogP contribution >= 0.6 is 11.6 Å². The zero-order valence-corrected chi connectivity index (χ0v) is 18.2. The second kappa shape index (κ2) is 9.08. The van der Waals surface area contributed by atoms with E-state index in [4.69, 9.17) is 26.1 Å². The van der Waals surface area contributed by atoms with E-state index >= 15 is 0 Å². The van der Waals surface area contributed by atoms with Crippen molar-refractivity contribution >= 4 is 40.5 Å². The number of esters is 1. The number of methoxy groups -OCH3 is 1. The fraction of sp³-hybridized carbons (Fsp3) is 0.348. The molecule has 0 saturated carbocycles. The number of carbonyl (C=O) groups is 2. The van der Waals surface area contributed by atoms with Crippen molar-refractivity contribution in [1.29, 1.82) is 0 Å². The molecular weight excluding hydrogens is 418 g/mol. The van der Waals surface area contributed by atoms with E-state index in [-0.39, 0.29) is 12.5 Å². The molecular formula is C23H24ClN3O4. The molecule has 0 saturated heterocycles. The molecule has 0 spiro atoms. The molecule has 31 heavy (non-hydrogen) atoms. The zero-order valence-electron chi connectivity index (χ0n) is 17.5. The first-order valence-electron chi connectivity index (χ1n) is 10.3. The van der Waals surface area contributed by atoms with Crippen LogP contribution in [0.15, 0.2) is 48.5 Å². The van der Waals surface area contributed by atoms with Gasteiger partial charge in [-0.25, -0.2) is 4.98 Å². The highest BCUT2D eigenvalue weighted by Gasteiger charge is 2.47. The molecule has 1 aliphatic heterocycles. The van der Waals surface area contributed by atoms with Gasteiger partial charge in [0.1, 0.15) is 0 Å². The van der Waals surface area contributed by atoms with E-state index in [1.54, 1.807) is 31.1 Å². The van der Waals surface area contributed by atoms with Crippen LogP contribution in [0.2, 0.25) is 5.02 Å². The maximum Gasteiger partial charge on any atom is 0.321 e. The number of rotatable bonds is 7. The summed E-state index contributed by atoms with van der Waals surface area (Å²) in [5, 5.41) is 0.579. The standard InChI is InChI=1S/C23H24ClN3O4/c1-3-31-22(29)19-20(15-9-11-16(24)12-10-15)27-18-8-5-4-7-17(18)25-23(27)26(21(19)28)13-6-14-30-2/h4-5,7-12,19-20H,3,6,13-14H2,1-2H3/t19-,20-/m0/s1. The smallest absolute Gasteiger partial charge is 0.321 e. The van der Waals surface area contributed by atoms with Crippen LogP contribution in [0.5, 0.6) is 0 Å². The van der Waals surface area contributed by atoms with Crippen molar-refractivity contribution in [3.8, 4) is 0 Å². The number of hydrogen-bond acceptors (Lipinski definition) is 5. The molecule has 2 aromatic carbocycles. The molecule has 0 unspecified atom stereocenters. The number of nitrogens with zero attached hydrogens (tertiary/aromatic N) is 3. The third-order valence-electron chi connectivity index (χ3n) is 5.43. The molecule has 7 nitrogen and oxygen atoms in total. The number of imidazole rings is 1. The number of para-hydroxylation sites is 2. The van der Waals surface area contributed by atoms with E-state index in [1.165, 1.54) is 0 Å². The molecule has 0 fully saturated rings. The van der Waals surface area contributed by atoms with E-state index in [9.17, 15) is 9.59 Å². The van der Waals surface area contributed by atoms with Gasteiger partial charge in [-0.15, -0.1) is 0 Å². The predicted molar refractivity (Wildman–Crippen MR) is 118 cm³/mol. The quantitative estimate of drug-likeness (QED) is 0.316. The molecule has 0 radical (unpaired) electrons. The molecule has 1 amide bonds. The number of anilines is 1. The Morgan fingerprint density at radius 1 is 1.16 bits per heavy atom. The lowest BCUT2D eigenvalue weighted by Crippen LogP contribution is -2.50. The summed E-state index contributed by atoms with van der Waals surface area (Å²) < 4.78 is 12.5. The number of fused-ring (bicyclic) bond motifs is 3. The number of hydrogen-bond donors (Lipinski definition) is 0. The number of aromatic nitrogens is 2. The molecule has 1 aliphatic rings. The molecule has 0 aliphatic carbocycles. The van der Waals surface area contributed by atoms with E-state index in [1.807, 2.05) is 41.0 Å². The Morgan fingerprint density at radius 3 is 2.61 bits per heavy atom. The first-order valence-corrected chi connectivity index (χ1v) is 10.6. The largest absolute Gasteiger partial charge is 0.465 e. The van der Waals surface area contributed by atoms with Gasteiger partial charge < -0.3 is 14.0 Å². The molecule has 4 rings (SSSR count). The minimum atomic E-state index is -1.03. The normalized spacial score (nSPS) is 18.3. The summed E-state index contributed by atoms with van der Waals surface area (Å²) in [4.78, 5) is 33.0. The van der Waals surface area contributed by atoms with Gasteiger partial charge in [0, 0.05) is 25.3 Å². The Morgan fingerprint density at radius 2 is 1.90 bits per heavy atom. The number of benzene rings is 2. The summed E-state index contributed by atoms with van der Waals surface area (Å²) in [6, 6.07) is 14.3. The van der Waals surface area contributed by atoms with E-state index in [2.05, 4.69) is 0 Å². The van der Waals surface area contributed by atoms with E-state index in [0.717, 1.165) is 16.6 Å². The second-order valence-electron chi connectivity index (χ2n) is 7.33. The number of ether oxygens (including phenoxy) is 2. The van der Waals surface area contributed by atoms with Crippen LogP contribution in [0, 0.1) is 5.92 Å². The summed E-state index contributed by atoms with van der Waals surface area (Å²) in [5.41, 5.74) is 2.39. The Labute approximate surface area is 185 Å². The van der Waals surface area contributed by atoms with Gasteiger partial charge in [-0.2, -0.15) is 0 Å². The minimum absolute atomic E-state index is 0.192. The van der Waals surface area contributed by atoms with Gasteiger partial charge >= 0.3 is 5.97 Å². The van der Waals surface area contributed by atoms with Gasteiger partial charge in [-0.1, -0.05) is 35.9 Å². The van der Waals surface area contributed by atoms with Crippen LogP contribution in [0.25, 0.3) is 11.0 Å². The SMILES string of the molecule is CCOC(=O)[C@@H]1C(=O)N(CCCOC)c2nc3ccccc3n2[C@H]1c1ccc(Cl)cc1. The van der Waals surface area contributed by atoms with Crippen molar-refractivity contribution < 1.29 is 19.1 Å². The molecule has 1 aromatic heterocycles. The number of carbonyl (C=O) groups excluding carboxylic acids is 2. The molecule has 8 heteroatoms. The van der Waals surface area contributed by atoms with Gasteiger partial charge in [0.15, 0.2) is 5.92 Å². The average molecular weight is 442 g/mol. The summed E-state index contributed by atoms with van der Waals surface area (Å²) >= 11 is 6.10. The lowest BCUT2D eigenvalue weighted by Gasteiger charge is -2.38. The van der Waals surface area contributed by atoms with Crippen LogP contribution in [0.3, 0.4) is 0 Å². The van der Waals surface area contributed by atoms with Crippen LogP contribution in [-0.4, -0.2) is 48.3 Å². The predicted octanol–water partition coefficient (Wildman–Crippen LogP) is 3.84. The zero-order chi connectivity index (χ0) is 22.0. The highest BCUT2D eigenvalue weighted by Crippen LogP contribution is 2.41. The average Bonchev–Trinajstić information content (AvgIpc) is 3.15. The number of amides is 1. The van der Waals surface area contributed by atoms with Crippen LogP contribution in [0.4, 0.5) is 5.95 Å². The fourth-order valence-electron chi connectivity index (χ4n) is 4.09. The van der Waals surface area contributed by atoms with Crippen molar-refractivity contribution in [2.45, 2.75) is 19.4 Å². The summed E-state index contributed by atoms with van der Waals surface area (Å²) in [7, 11) is 1.62. The Hall–Kier alpha value is -2.90. The van der Waals surface area contributed by atoms with Gasteiger partial charge in [0.05, 0.1) is 23.7 Å². The molecule has 2 atom stereocenters. The van der Waals surface area contributed by atoms with Crippen molar-refractivity contribution in [3.05, 3.63) is 59.1 Å². The van der Waals surface area contributed by atoms with Crippen LogP contribution in [-0.2, 0) is 19.1 Å². The molecule has 162 valence electrons. The van der Waals surface area contributed by atoms with Crippen molar-refractivity contribution in [1.82, 2.24) is 9.55 Å². The highest BCUT2D eigenvalue weighted by atomic mass is 35.5. The minimum Gasteiger partial charge on any atom is -0.465 e. The topological polar surface area (TPSA) is 73.7 Å². The first kappa shape index (κ1) is 21.3. The van der Waals surface area contributed by atoms with Crippen LogP contribution in [0.1, 0.15) is 24.9 Å². The summed E-state index contributed by atoms with van der Waals surface area (Å²) in [5.74, 6) is -1.39. The Kier molecular flexibility index (Phi) is 6.25. The molecule has 0 N–H and O–H groups in total.